The smallest absolute Gasteiger partial charge is 0.311 e. The van der Waals surface area contributed by atoms with Gasteiger partial charge in [0.15, 0.2) is 0 Å². The molecule has 1 heterocycles. The summed E-state index contributed by atoms with van der Waals surface area (Å²) in [6.07, 6.45) is 6.17. The number of hydrogen-bond donors (Lipinski definition) is 1. The molecule has 0 aromatic carbocycles. The number of carboxylic acids is 1. The summed E-state index contributed by atoms with van der Waals surface area (Å²) < 4.78 is 0. The Morgan fingerprint density at radius 2 is 1.90 bits per heavy atom. The van der Waals surface area contributed by atoms with Gasteiger partial charge in [0, 0.05) is 19.0 Å². The van der Waals surface area contributed by atoms with Crippen molar-refractivity contribution in [3.05, 3.63) is 0 Å². The van der Waals surface area contributed by atoms with E-state index in [1.807, 2.05) is 11.8 Å². The molecule has 4 fully saturated rings. The molecule has 4 nitrogen and oxygen atoms in total. The quantitative estimate of drug-likeness (QED) is 0.868. The molecule has 0 aromatic rings. The van der Waals surface area contributed by atoms with Gasteiger partial charge in [0.25, 0.3) is 0 Å². The highest BCUT2D eigenvalue weighted by Crippen LogP contribution is 2.69. The molecule has 3 saturated carbocycles. The van der Waals surface area contributed by atoms with Gasteiger partial charge < -0.3 is 10.0 Å². The molecule has 5 unspecified atom stereocenters. The van der Waals surface area contributed by atoms with Crippen LogP contribution in [0.5, 0.6) is 0 Å². The summed E-state index contributed by atoms with van der Waals surface area (Å²) in [5.41, 5.74) is -0.698. The highest BCUT2D eigenvalue weighted by molar-refractivity contribution is 5.84. The predicted octanol–water partition coefficient (Wildman–Crippen LogP) is 2.38. The van der Waals surface area contributed by atoms with E-state index in [0.29, 0.717) is 31.2 Å². The van der Waals surface area contributed by atoms with Gasteiger partial charge in [-0.05, 0) is 62.2 Å². The molecule has 0 spiro atoms. The number of likely N-dealkylation sites (tertiary alicyclic amines) is 1. The normalized spacial score (nSPS) is 47.3. The van der Waals surface area contributed by atoms with Crippen molar-refractivity contribution in [1.82, 2.24) is 4.90 Å². The maximum Gasteiger partial charge on any atom is 0.311 e. The number of hydrogen-bond acceptors (Lipinski definition) is 2. The second-order valence-electron chi connectivity index (χ2n) is 7.82. The maximum atomic E-state index is 12.9. The van der Waals surface area contributed by atoms with Crippen molar-refractivity contribution in [2.45, 2.75) is 45.4 Å². The molecule has 0 radical (unpaired) electrons. The van der Waals surface area contributed by atoms with E-state index in [4.69, 9.17) is 0 Å². The van der Waals surface area contributed by atoms with Crippen LogP contribution < -0.4 is 0 Å². The van der Waals surface area contributed by atoms with Crippen LogP contribution in [0.15, 0.2) is 0 Å². The zero-order valence-corrected chi connectivity index (χ0v) is 12.8. The fourth-order valence-electron chi connectivity index (χ4n) is 5.80. The lowest BCUT2D eigenvalue weighted by Crippen LogP contribution is -2.50. The van der Waals surface area contributed by atoms with E-state index >= 15 is 0 Å². The van der Waals surface area contributed by atoms with Crippen LogP contribution in [0.25, 0.3) is 0 Å². The van der Waals surface area contributed by atoms with Crippen molar-refractivity contribution in [1.29, 1.82) is 0 Å². The van der Waals surface area contributed by atoms with Crippen molar-refractivity contribution in [2.75, 3.05) is 13.1 Å². The molecule has 4 heteroatoms. The minimum atomic E-state index is -0.724. The van der Waals surface area contributed by atoms with Crippen molar-refractivity contribution < 1.29 is 14.7 Å². The molecule has 1 saturated heterocycles. The summed E-state index contributed by atoms with van der Waals surface area (Å²) in [7, 11) is 0. The molecule has 4 aliphatic rings. The van der Waals surface area contributed by atoms with Gasteiger partial charge >= 0.3 is 5.97 Å². The number of fused-ring (bicyclic) bond motifs is 5. The van der Waals surface area contributed by atoms with Crippen molar-refractivity contribution in [3.63, 3.8) is 0 Å². The van der Waals surface area contributed by atoms with Gasteiger partial charge in [0.05, 0.1) is 5.41 Å². The second kappa shape index (κ2) is 4.47. The lowest BCUT2D eigenvalue weighted by Gasteiger charge is -2.39. The Morgan fingerprint density at radius 3 is 2.48 bits per heavy atom. The average molecular weight is 291 g/mol. The van der Waals surface area contributed by atoms with Crippen LogP contribution in [-0.2, 0) is 9.59 Å². The van der Waals surface area contributed by atoms with Crippen LogP contribution in [0.2, 0.25) is 0 Å². The van der Waals surface area contributed by atoms with E-state index in [1.165, 1.54) is 19.3 Å². The number of aliphatic carboxylic acids is 1. The molecule has 3 aliphatic carbocycles. The number of carbonyl (C=O) groups excluding carboxylic acids is 1. The molecule has 116 valence electrons. The molecule has 1 aliphatic heterocycles. The number of piperidine rings is 1. The Hall–Kier alpha value is -1.06. The predicted molar refractivity (Wildman–Crippen MR) is 77.5 cm³/mol. The number of carbonyl (C=O) groups is 2. The Bertz CT molecular complexity index is 474. The highest BCUT2D eigenvalue weighted by atomic mass is 16.4. The Kier molecular flexibility index (Phi) is 2.89. The minimum Gasteiger partial charge on any atom is -0.481 e. The van der Waals surface area contributed by atoms with Gasteiger partial charge in [-0.2, -0.15) is 0 Å². The van der Waals surface area contributed by atoms with Gasteiger partial charge in [0.2, 0.25) is 5.91 Å². The number of amides is 1. The van der Waals surface area contributed by atoms with Crippen LogP contribution >= 0.6 is 0 Å². The third-order valence-electron chi connectivity index (χ3n) is 7.04. The van der Waals surface area contributed by atoms with Crippen LogP contribution in [0.4, 0.5) is 0 Å². The molecular weight excluding hydrogens is 266 g/mol. The van der Waals surface area contributed by atoms with Crippen LogP contribution in [0.3, 0.4) is 0 Å². The summed E-state index contributed by atoms with van der Waals surface area (Å²) in [6.45, 7) is 3.14. The second-order valence-corrected chi connectivity index (χ2v) is 7.82. The first-order valence-corrected chi connectivity index (χ1v) is 8.59. The fourth-order valence-corrected chi connectivity index (χ4v) is 5.80. The summed E-state index contributed by atoms with van der Waals surface area (Å²) in [4.78, 5) is 26.4. The van der Waals surface area contributed by atoms with E-state index in [1.54, 1.807) is 0 Å². The Morgan fingerprint density at radius 1 is 1.24 bits per heavy atom. The molecule has 2 bridgehead atoms. The monoisotopic (exact) mass is 291 g/mol. The molecule has 21 heavy (non-hydrogen) atoms. The van der Waals surface area contributed by atoms with Crippen LogP contribution in [0, 0.1) is 35.0 Å². The van der Waals surface area contributed by atoms with E-state index < -0.39 is 11.4 Å². The molecule has 1 N–H and O–H groups in total. The molecule has 0 aromatic heterocycles. The van der Waals surface area contributed by atoms with E-state index in [0.717, 1.165) is 24.8 Å². The largest absolute Gasteiger partial charge is 0.481 e. The van der Waals surface area contributed by atoms with Gasteiger partial charge in [0.1, 0.15) is 0 Å². The summed E-state index contributed by atoms with van der Waals surface area (Å²) in [6, 6.07) is 0. The van der Waals surface area contributed by atoms with E-state index in [9.17, 15) is 14.7 Å². The zero-order chi connectivity index (χ0) is 14.8. The number of rotatable bonds is 3. The molecule has 1 amide bonds. The van der Waals surface area contributed by atoms with Crippen molar-refractivity contribution in [2.24, 2.45) is 35.0 Å². The first-order valence-electron chi connectivity index (χ1n) is 8.59. The highest BCUT2D eigenvalue weighted by Gasteiger charge is 2.68. The standard InChI is InChI=1S/C17H25NO3/c1-2-17(16(20)21)6-3-7-18(9-17)15(19)14-12-10-4-5-11(8-10)13(12)14/h10-14H,2-9H2,1H3,(H,20,21). The summed E-state index contributed by atoms with van der Waals surface area (Å²) in [5, 5.41) is 9.56. The average Bonchev–Trinajstić information content (AvgIpc) is 2.93. The lowest BCUT2D eigenvalue weighted by molar-refractivity contribution is -0.155. The molecule has 4 rings (SSSR count). The lowest BCUT2D eigenvalue weighted by atomic mass is 9.77. The SMILES string of the molecule is CCC1(C(=O)O)CCCN(C(=O)C2C3C4CCC(C4)C23)C1. The molecular formula is C17H25NO3. The van der Waals surface area contributed by atoms with Crippen LogP contribution in [0.1, 0.15) is 45.4 Å². The fraction of sp³-hybridized carbons (Fsp3) is 0.882. The Balaban J connectivity index is 1.47. The van der Waals surface area contributed by atoms with E-state index in [-0.39, 0.29) is 11.8 Å². The molecule has 5 atom stereocenters. The summed E-state index contributed by atoms with van der Waals surface area (Å²) in [5.74, 6) is 2.71. The third kappa shape index (κ3) is 1.80. The maximum absolute atomic E-state index is 12.9. The van der Waals surface area contributed by atoms with Crippen molar-refractivity contribution >= 4 is 11.9 Å². The minimum absolute atomic E-state index is 0.248. The van der Waals surface area contributed by atoms with Gasteiger partial charge in [-0.1, -0.05) is 6.92 Å². The Labute approximate surface area is 125 Å². The first-order chi connectivity index (χ1) is 10.1. The third-order valence-corrected chi connectivity index (χ3v) is 7.04. The van der Waals surface area contributed by atoms with Gasteiger partial charge in [-0.25, -0.2) is 0 Å². The topological polar surface area (TPSA) is 57.6 Å². The van der Waals surface area contributed by atoms with Gasteiger partial charge in [-0.3, -0.25) is 9.59 Å². The first kappa shape index (κ1) is 13.6. The summed E-state index contributed by atoms with van der Waals surface area (Å²) >= 11 is 0. The van der Waals surface area contributed by atoms with Crippen LogP contribution in [-0.4, -0.2) is 35.0 Å². The van der Waals surface area contributed by atoms with Gasteiger partial charge in [-0.15, -0.1) is 0 Å². The van der Waals surface area contributed by atoms with Crippen molar-refractivity contribution in [3.8, 4) is 0 Å². The number of nitrogens with zero attached hydrogens (tertiary/aromatic N) is 1. The number of carboxylic acid groups (broad SMARTS) is 1. The van der Waals surface area contributed by atoms with E-state index in [2.05, 4.69) is 0 Å². The zero-order valence-electron chi connectivity index (χ0n) is 12.8.